The molecule has 1 aromatic heterocycles. The first-order valence-electron chi connectivity index (χ1n) is 7.69. The normalized spacial score (nSPS) is 16.1. The van der Waals surface area contributed by atoms with E-state index in [1.165, 1.54) is 18.1 Å². The quantitative estimate of drug-likeness (QED) is 0.760. The summed E-state index contributed by atoms with van der Waals surface area (Å²) in [6.45, 7) is 5.46. The minimum absolute atomic E-state index is 0.0115. The molecule has 1 saturated heterocycles. The lowest BCUT2D eigenvalue weighted by atomic mass is 9.91. The second-order valence-corrected chi connectivity index (χ2v) is 9.81. The van der Waals surface area contributed by atoms with Crippen molar-refractivity contribution in [2.75, 3.05) is 24.4 Å². The number of hydrogen-bond acceptors (Lipinski definition) is 4. The van der Waals surface area contributed by atoms with Crippen molar-refractivity contribution in [1.82, 2.24) is 4.90 Å². The van der Waals surface area contributed by atoms with Gasteiger partial charge in [0.25, 0.3) is 10.0 Å². The van der Waals surface area contributed by atoms with Crippen molar-refractivity contribution >= 4 is 50.2 Å². The topological polar surface area (TPSA) is 49.4 Å². The highest BCUT2D eigenvalue weighted by Crippen LogP contribution is 2.35. The summed E-state index contributed by atoms with van der Waals surface area (Å²) in [7, 11) is -3.73. The van der Waals surface area contributed by atoms with E-state index in [4.69, 9.17) is 23.2 Å². The van der Waals surface area contributed by atoms with Crippen LogP contribution in [0.2, 0.25) is 8.67 Å². The molecule has 1 aliphatic heterocycles. The molecule has 2 heterocycles. The molecular formula is C16H18Cl2N2O2S2. The number of rotatable bonds is 6. The molecule has 0 spiro atoms. The number of thiophene rings is 1. The van der Waals surface area contributed by atoms with Gasteiger partial charge in [0.15, 0.2) is 0 Å². The Labute approximate surface area is 156 Å². The molecule has 3 rings (SSSR count). The molecule has 130 valence electrons. The van der Waals surface area contributed by atoms with Gasteiger partial charge in [0.05, 0.1) is 4.34 Å². The van der Waals surface area contributed by atoms with Crippen LogP contribution in [0, 0.1) is 0 Å². The average molecular weight is 405 g/mol. The zero-order chi connectivity index (χ0) is 17.3. The largest absolute Gasteiger partial charge is 0.302 e. The van der Waals surface area contributed by atoms with Gasteiger partial charge >= 0.3 is 0 Å². The molecule has 2 aromatic rings. The second kappa shape index (κ2) is 7.22. The highest BCUT2D eigenvalue weighted by Gasteiger charge is 2.27. The van der Waals surface area contributed by atoms with Gasteiger partial charge in [-0.15, -0.1) is 11.3 Å². The van der Waals surface area contributed by atoms with Gasteiger partial charge in [-0.2, -0.15) is 0 Å². The predicted molar refractivity (Wildman–Crippen MR) is 101 cm³/mol. The molecule has 0 radical (unpaired) electrons. The Bertz CT molecular complexity index is 813. The summed E-state index contributed by atoms with van der Waals surface area (Å²) in [5.41, 5.74) is 1.75. The third kappa shape index (κ3) is 3.89. The van der Waals surface area contributed by atoms with E-state index in [1.54, 1.807) is 12.1 Å². The summed E-state index contributed by atoms with van der Waals surface area (Å²) in [5.74, 6) is 0.535. The van der Waals surface area contributed by atoms with Crippen molar-refractivity contribution in [3.8, 4) is 0 Å². The van der Waals surface area contributed by atoms with Crippen LogP contribution in [-0.2, 0) is 10.0 Å². The molecule has 1 fully saturated rings. The Balaban J connectivity index is 1.67. The maximum atomic E-state index is 12.4. The van der Waals surface area contributed by atoms with E-state index in [1.807, 2.05) is 12.1 Å². The first-order valence-corrected chi connectivity index (χ1v) is 10.7. The molecule has 0 aliphatic carbocycles. The molecule has 1 aliphatic rings. The smallest absolute Gasteiger partial charge is 0.264 e. The zero-order valence-electron chi connectivity index (χ0n) is 13.1. The van der Waals surface area contributed by atoms with Crippen molar-refractivity contribution in [1.29, 1.82) is 0 Å². The monoisotopic (exact) mass is 404 g/mol. The molecule has 1 N–H and O–H groups in total. The Morgan fingerprint density at radius 2 is 1.92 bits per heavy atom. The molecule has 0 saturated carbocycles. The number of halogens is 2. The fourth-order valence-corrected chi connectivity index (χ4v) is 6.03. The number of hydrogen-bond donors (Lipinski definition) is 1. The summed E-state index contributed by atoms with van der Waals surface area (Å²) < 4.78 is 27.8. The van der Waals surface area contributed by atoms with Crippen molar-refractivity contribution in [3.05, 3.63) is 44.6 Å². The molecule has 8 heteroatoms. The van der Waals surface area contributed by atoms with Gasteiger partial charge in [-0.1, -0.05) is 42.3 Å². The summed E-state index contributed by atoms with van der Waals surface area (Å²) in [6.07, 6.45) is 1.17. The van der Waals surface area contributed by atoms with Gasteiger partial charge in [-0.05, 0) is 36.7 Å². The van der Waals surface area contributed by atoms with Crippen LogP contribution in [-0.4, -0.2) is 33.0 Å². The molecule has 0 unspecified atom stereocenters. The van der Waals surface area contributed by atoms with E-state index < -0.39 is 10.0 Å². The lowest BCUT2D eigenvalue weighted by Gasteiger charge is -2.39. The van der Waals surface area contributed by atoms with Gasteiger partial charge in [-0.3, -0.25) is 4.72 Å². The van der Waals surface area contributed by atoms with Gasteiger partial charge in [0, 0.05) is 24.7 Å². The first-order chi connectivity index (χ1) is 11.4. The number of sulfonamides is 1. The van der Waals surface area contributed by atoms with Crippen LogP contribution >= 0.6 is 34.5 Å². The summed E-state index contributed by atoms with van der Waals surface area (Å²) in [6, 6.07) is 8.90. The highest BCUT2D eigenvalue weighted by molar-refractivity contribution is 7.93. The van der Waals surface area contributed by atoms with Gasteiger partial charge < -0.3 is 4.90 Å². The molecule has 0 bridgehead atoms. The van der Waals surface area contributed by atoms with E-state index >= 15 is 0 Å². The second-order valence-electron chi connectivity index (χ2n) is 5.87. The SMILES string of the molecule is CCCN1CC(c2ccc(NS(=O)(=O)c3cc(Cl)sc3Cl)cc2)C1. The van der Waals surface area contributed by atoms with Crippen molar-refractivity contribution < 1.29 is 8.42 Å². The van der Waals surface area contributed by atoms with Crippen LogP contribution < -0.4 is 4.72 Å². The number of benzene rings is 1. The fourth-order valence-electron chi connectivity index (χ4n) is 2.82. The van der Waals surface area contributed by atoms with Crippen LogP contribution in [0.25, 0.3) is 0 Å². The van der Waals surface area contributed by atoms with Gasteiger partial charge in [0.1, 0.15) is 9.23 Å². The average Bonchev–Trinajstić information content (AvgIpc) is 2.83. The van der Waals surface area contributed by atoms with E-state index in [2.05, 4.69) is 16.5 Å². The van der Waals surface area contributed by atoms with Crippen LogP contribution in [0.3, 0.4) is 0 Å². The van der Waals surface area contributed by atoms with E-state index in [-0.39, 0.29) is 9.23 Å². The van der Waals surface area contributed by atoms with Crippen LogP contribution in [0.1, 0.15) is 24.8 Å². The molecule has 1 aromatic carbocycles. The summed E-state index contributed by atoms with van der Waals surface area (Å²) in [4.78, 5) is 2.43. The maximum absolute atomic E-state index is 12.4. The fraction of sp³-hybridized carbons (Fsp3) is 0.375. The van der Waals surface area contributed by atoms with Crippen molar-refractivity contribution in [3.63, 3.8) is 0 Å². The van der Waals surface area contributed by atoms with E-state index in [0.717, 1.165) is 31.0 Å². The van der Waals surface area contributed by atoms with E-state index in [9.17, 15) is 8.42 Å². The van der Waals surface area contributed by atoms with Crippen molar-refractivity contribution in [2.24, 2.45) is 0 Å². The molecule has 4 nitrogen and oxygen atoms in total. The van der Waals surface area contributed by atoms with Gasteiger partial charge in [0.2, 0.25) is 0 Å². The molecule has 0 atom stereocenters. The third-order valence-electron chi connectivity index (χ3n) is 4.05. The summed E-state index contributed by atoms with van der Waals surface area (Å²) >= 11 is 12.8. The lowest BCUT2D eigenvalue weighted by Crippen LogP contribution is -2.45. The molecular weight excluding hydrogens is 387 g/mol. The maximum Gasteiger partial charge on any atom is 0.264 e. The lowest BCUT2D eigenvalue weighted by molar-refractivity contribution is 0.149. The Kier molecular flexibility index (Phi) is 5.42. The highest BCUT2D eigenvalue weighted by atomic mass is 35.5. The number of anilines is 1. The van der Waals surface area contributed by atoms with Crippen LogP contribution in [0.4, 0.5) is 5.69 Å². The molecule has 24 heavy (non-hydrogen) atoms. The van der Waals surface area contributed by atoms with E-state index in [0.29, 0.717) is 15.9 Å². The zero-order valence-corrected chi connectivity index (χ0v) is 16.3. The number of nitrogens with one attached hydrogen (secondary N) is 1. The van der Waals surface area contributed by atoms with Crippen molar-refractivity contribution in [2.45, 2.75) is 24.2 Å². The van der Waals surface area contributed by atoms with Gasteiger partial charge in [-0.25, -0.2) is 8.42 Å². The number of nitrogens with zero attached hydrogens (tertiary/aromatic N) is 1. The van der Waals surface area contributed by atoms with Crippen LogP contribution in [0.5, 0.6) is 0 Å². The third-order valence-corrected chi connectivity index (χ3v) is 7.18. The first kappa shape index (κ1) is 18.0. The summed E-state index contributed by atoms with van der Waals surface area (Å²) in [5, 5.41) is 0. The Hall–Kier alpha value is -0.790. The standard InChI is InChI=1S/C16H18Cl2N2O2S2/c1-2-7-20-9-12(10-20)11-3-5-13(6-4-11)19-24(21,22)14-8-15(17)23-16(14)18/h3-6,8,12,19H,2,7,9-10H2,1H3. The number of likely N-dealkylation sites (tertiary alicyclic amines) is 1. The minimum Gasteiger partial charge on any atom is -0.302 e. The Morgan fingerprint density at radius 3 is 2.46 bits per heavy atom. The Morgan fingerprint density at radius 1 is 1.25 bits per heavy atom. The van der Waals surface area contributed by atoms with Crippen LogP contribution in [0.15, 0.2) is 35.2 Å². The minimum atomic E-state index is -3.73. The molecule has 0 amide bonds. The predicted octanol–water partition coefficient (Wildman–Crippen LogP) is 4.66.